The highest BCUT2D eigenvalue weighted by Gasteiger charge is 2.16. The largest absolute Gasteiger partial charge is 0.362 e. The molecule has 6 heteroatoms. The number of hydrogen-bond donors (Lipinski definition) is 3. The zero-order chi connectivity index (χ0) is 21.6. The molecule has 0 bridgehead atoms. The average Bonchev–Trinajstić information content (AvgIpc) is 2.66. The molecule has 1 aromatic heterocycles. The van der Waals surface area contributed by atoms with Gasteiger partial charge in [-0.15, -0.1) is 0 Å². The van der Waals surface area contributed by atoms with E-state index in [1.807, 2.05) is 13.0 Å². The predicted octanol–water partition coefficient (Wildman–Crippen LogP) is 2.40. The Labute approximate surface area is 180 Å². The van der Waals surface area contributed by atoms with Gasteiger partial charge in [-0.2, -0.15) is 0 Å². The molecule has 1 heterocycles. The molecular weight excluding hydrogens is 380 g/mol. The Morgan fingerprint density at radius 3 is 2.52 bits per heavy atom. The lowest BCUT2D eigenvalue weighted by atomic mass is 10.1. The molecule has 0 amide bonds. The lowest BCUT2D eigenvalue weighted by molar-refractivity contribution is -0.895. The number of benzene rings is 1. The zero-order valence-corrected chi connectivity index (χ0v) is 19.6. The summed E-state index contributed by atoms with van der Waals surface area (Å²) in [6.45, 7) is 18.2. The molecule has 5 nitrogen and oxygen atoms in total. The van der Waals surface area contributed by atoms with Gasteiger partial charge >= 0.3 is 0 Å². The highest BCUT2D eigenvalue weighted by Crippen LogP contribution is 2.18. The summed E-state index contributed by atoms with van der Waals surface area (Å²) in [6, 6.07) is 6.25. The van der Waals surface area contributed by atoms with Crippen LogP contribution in [0.1, 0.15) is 44.4 Å². The molecule has 29 heavy (non-hydrogen) atoms. The van der Waals surface area contributed by atoms with E-state index < -0.39 is 0 Å². The van der Waals surface area contributed by atoms with Gasteiger partial charge in [-0.05, 0) is 68.9 Å². The van der Waals surface area contributed by atoms with Gasteiger partial charge in [0.05, 0.1) is 38.2 Å². The number of aromatic nitrogens is 1. The Balaban J connectivity index is 2.29. The lowest BCUT2D eigenvalue weighted by Gasteiger charge is -2.28. The van der Waals surface area contributed by atoms with E-state index in [0.29, 0.717) is 12.5 Å². The first-order chi connectivity index (χ1) is 13.7. The van der Waals surface area contributed by atoms with E-state index in [4.69, 9.17) is 12.2 Å². The Bertz CT molecular complexity index is 886. The fraction of sp³-hybridized carbons (Fsp3) is 0.565. The molecule has 3 N–H and O–H groups in total. The van der Waals surface area contributed by atoms with Crippen molar-refractivity contribution >= 4 is 28.2 Å². The summed E-state index contributed by atoms with van der Waals surface area (Å²) in [6.07, 6.45) is 0. The summed E-state index contributed by atoms with van der Waals surface area (Å²) in [5.74, 6) is 0.512. The molecule has 0 aliphatic rings. The highest BCUT2D eigenvalue weighted by molar-refractivity contribution is 7.80. The minimum Gasteiger partial charge on any atom is -0.362 e. The van der Waals surface area contributed by atoms with Crippen LogP contribution in [0.25, 0.3) is 10.9 Å². The van der Waals surface area contributed by atoms with Crippen molar-refractivity contribution in [1.82, 2.24) is 15.2 Å². The van der Waals surface area contributed by atoms with E-state index in [0.717, 1.165) is 59.9 Å². The molecule has 0 saturated heterocycles. The molecule has 2 aromatic rings. The molecule has 0 radical (unpaired) electrons. The van der Waals surface area contributed by atoms with Gasteiger partial charge in [0.15, 0.2) is 5.11 Å². The van der Waals surface area contributed by atoms with E-state index in [1.165, 1.54) is 10.5 Å². The first-order valence-electron chi connectivity index (χ1n) is 10.7. The number of pyridine rings is 1. The van der Waals surface area contributed by atoms with Crippen LogP contribution in [0.15, 0.2) is 23.0 Å². The molecule has 160 valence electrons. The number of H-pyrrole nitrogens is 1. The van der Waals surface area contributed by atoms with E-state index in [-0.39, 0.29) is 5.56 Å². The van der Waals surface area contributed by atoms with Gasteiger partial charge in [-0.25, -0.2) is 0 Å². The molecule has 2 rings (SSSR count). The van der Waals surface area contributed by atoms with Crippen LogP contribution in [0.5, 0.6) is 0 Å². The summed E-state index contributed by atoms with van der Waals surface area (Å²) >= 11 is 5.69. The second-order valence-corrected chi connectivity index (χ2v) is 8.77. The maximum atomic E-state index is 12.8. The smallest absolute Gasteiger partial charge is 0.253 e. The Morgan fingerprint density at radius 2 is 1.90 bits per heavy atom. The summed E-state index contributed by atoms with van der Waals surface area (Å²) in [4.78, 5) is 19.5. The number of aryl methyl sites for hydroxylation is 2. The number of rotatable bonds is 9. The standard InChI is InChI=1S/C23H36N4OS/c1-7-26(8-2)9-10-27(23(29)24-14-16(3)4)15-20-13-19-12-17(5)11-18(6)21(19)25-22(20)28/h11-13,16H,7-10,14-15H2,1-6H3,(H,24,29)(H,25,28)/p+1. The van der Waals surface area contributed by atoms with Crippen LogP contribution in [0.4, 0.5) is 0 Å². The normalized spacial score (nSPS) is 11.4. The Morgan fingerprint density at radius 1 is 1.21 bits per heavy atom. The molecule has 0 atom stereocenters. The molecule has 0 saturated carbocycles. The predicted molar refractivity (Wildman–Crippen MR) is 127 cm³/mol. The van der Waals surface area contributed by atoms with Crippen LogP contribution in [0.2, 0.25) is 0 Å². The van der Waals surface area contributed by atoms with Gasteiger partial charge < -0.3 is 20.1 Å². The zero-order valence-electron chi connectivity index (χ0n) is 18.8. The third-order valence-corrected chi connectivity index (χ3v) is 5.82. The van der Waals surface area contributed by atoms with Crippen molar-refractivity contribution in [2.24, 2.45) is 5.92 Å². The number of thiocarbonyl (C=S) groups is 1. The summed E-state index contributed by atoms with van der Waals surface area (Å²) in [5, 5.41) is 5.18. The minimum absolute atomic E-state index is 0.0312. The van der Waals surface area contributed by atoms with Crippen LogP contribution >= 0.6 is 12.2 Å². The highest BCUT2D eigenvalue weighted by atomic mass is 32.1. The van der Waals surface area contributed by atoms with Gasteiger partial charge in [0, 0.05) is 12.1 Å². The summed E-state index contributed by atoms with van der Waals surface area (Å²) < 4.78 is 0. The third kappa shape index (κ3) is 6.54. The van der Waals surface area contributed by atoms with Crippen molar-refractivity contribution in [3.05, 3.63) is 45.2 Å². The fourth-order valence-corrected chi connectivity index (χ4v) is 3.85. The minimum atomic E-state index is -0.0312. The second-order valence-electron chi connectivity index (χ2n) is 8.38. The van der Waals surface area contributed by atoms with E-state index in [9.17, 15) is 4.79 Å². The van der Waals surface area contributed by atoms with Crippen molar-refractivity contribution in [3.8, 4) is 0 Å². The van der Waals surface area contributed by atoms with Gasteiger partial charge in [0.1, 0.15) is 0 Å². The molecule has 0 aliphatic carbocycles. The monoisotopic (exact) mass is 417 g/mol. The van der Waals surface area contributed by atoms with Gasteiger partial charge in [0.2, 0.25) is 0 Å². The first-order valence-corrected chi connectivity index (χ1v) is 11.1. The van der Waals surface area contributed by atoms with Crippen molar-refractivity contribution in [1.29, 1.82) is 0 Å². The number of aromatic amines is 1. The van der Waals surface area contributed by atoms with Crippen LogP contribution in [0, 0.1) is 19.8 Å². The SMILES string of the molecule is CC[NH+](CC)CCN(Cc1cc2cc(C)cc(C)c2[nH]c1=O)C(=S)NCC(C)C. The maximum absolute atomic E-state index is 12.8. The van der Waals surface area contributed by atoms with Crippen molar-refractivity contribution in [2.75, 3.05) is 32.7 Å². The van der Waals surface area contributed by atoms with Crippen molar-refractivity contribution in [3.63, 3.8) is 0 Å². The Hall–Kier alpha value is -1.92. The topological polar surface area (TPSA) is 52.6 Å². The van der Waals surface area contributed by atoms with Crippen LogP contribution in [-0.4, -0.2) is 47.7 Å². The lowest BCUT2D eigenvalue weighted by Crippen LogP contribution is -3.12. The number of quaternary nitrogens is 1. The van der Waals surface area contributed by atoms with E-state index >= 15 is 0 Å². The molecule has 1 aromatic carbocycles. The Kier molecular flexibility index (Phi) is 8.65. The number of nitrogens with zero attached hydrogens (tertiary/aromatic N) is 1. The van der Waals surface area contributed by atoms with Gasteiger partial charge in [-0.1, -0.05) is 25.5 Å². The van der Waals surface area contributed by atoms with Crippen molar-refractivity contribution < 1.29 is 4.90 Å². The van der Waals surface area contributed by atoms with Crippen molar-refractivity contribution in [2.45, 2.75) is 48.1 Å². The number of likely N-dealkylation sites (N-methyl/N-ethyl adjacent to an activating group) is 1. The molecule has 0 fully saturated rings. The summed E-state index contributed by atoms with van der Waals surface area (Å²) in [5.41, 5.74) is 3.94. The fourth-order valence-electron chi connectivity index (χ4n) is 3.61. The molecular formula is C23H37N4OS+. The molecule has 0 unspecified atom stereocenters. The first kappa shape index (κ1) is 23.4. The van der Waals surface area contributed by atoms with Gasteiger partial charge in [-0.3, -0.25) is 4.79 Å². The summed E-state index contributed by atoms with van der Waals surface area (Å²) in [7, 11) is 0. The van der Waals surface area contributed by atoms with Crippen LogP contribution in [-0.2, 0) is 6.54 Å². The van der Waals surface area contributed by atoms with Gasteiger partial charge in [0.25, 0.3) is 5.56 Å². The van der Waals surface area contributed by atoms with E-state index in [2.05, 4.69) is 62.0 Å². The molecule has 0 aliphatic heterocycles. The number of nitrogens with one attached hydrogen (secondary N) is 3. The third-order valence-electron chi connectivity index (χ3n) is 5.42. The van der Waals surface area contributed by atoms with Crippen LogP contribution in [0.3, 0.4) is 0 Å². The quantitative estimate of drug-likeness (QED) is 0.549. The molecule has 0 spiro atoms. The second kappa shape index (κ2) is 10.7. The van der Waals surface area contributed by atoms with Crippen LogP contribution < -0.4 is 15.8 Å². The number of hydrogen-bond acceptors (Lipinski definition) is 2. The average molecular weight is 418 g/mol. The maximum Gasteiger partial charge on any atom is 0.253 e. The van der Waals surface area contributed by atoms with E-state index in [1.54, 1.807) is 0 Å². The number of fused-ring (bicyclic) bond motifs is 1.